The van der Waals surface area contributed by atoms with E-state index in [1.807, 2.05) is 33.0 Å². The third kappa shape index (κ3) is 2.77. The summed E-state index contributed by atoms with van der Waals surface area (Å²) in [6.45, 7) is 4.64. The van der Waals surface area contributed by atoms with Gasteiger partial charge in [0.1, 0.15) is 29.3 Å². The van der Waals surface area contributed by atoms with Gasteiger partial charge in [-0.1, -0.05) is 18.2 Å². The van der Waals surface area contributed by atoms with Gasteiger partial charge in [-0.25, -0.2) is 9.97 Å². The zero-order valence-electron chi connectivity index (χ0n) is 12.6. The average molecular weight is 284 g/mol. The summed E-state index contributed by atoms with van der Waals surface area (Å²) in [5.74, 6) is 3.48. The molecule has 1 aliphatic rings. The van der Waals surface area contributed by atoms with Gasteiger partial charge in [0, 0.05) is 19.0 Å². The molecule has 2 heterocycles. The van der Waals surface area contributed by atoms with E-state index in [0.717, 1.165) is 41.7 Å². The molecule has 5 heteroatoms. The molecule has 2 N–H and O–H groups in total. The minimum atomic E-state index is 0.148. The Hall–Kier alpha value is -2.30. The summed E-state index contributed by atoms with van der Waals surface area (Å²) < 4.78 is 5.93. The molecule has 3 rings (SSSR count). The zero-order chi connectivity index (χ0) is 14.8. The van der Waals surface area contributed by atoms with E-state index < -0.39 is 0 Å². The van der Waals surface area contributed by atoms with Crippen LogP contribution >= 0.6 is 0 Å². The van der Waals surface area contributed by atoms with Gasteiger partial charge in [-0.2, -0.15) is 0 Å². The minimum absolute atomic E-state index is 0.148. The summed E-state index contributed by atoms with van der Waals surface area (Å²) in [6, 6.07) is 8.20. The minimum Gasteiger partial charge on any atom is -0.488 e. The molecule has 1 aromatic heterocycles. The lowest BCUT2D eigenvalue weighted by molar-refractivity contribution is 0.246. The highest BCUT2D eigenvalue weighted by Gasteiger charge is 2.22. The molecule has 0 amide bonds. The zero-order valence-corrected chi connectivity index (χ0v) is 12.6. The summed E-state index contributed by atoms with van der Waals surface area (Å²) in [7, 11) is 1.87. The van der Waals surface area contributed by atoms with Crippen LogP contribution in [0, 0.1) is 13.8 Å². The first-order valence-corrected chi connectivity index (χ1v) is 7.19. The molecule has 1 aromatic carbocycles. The number of benzene rings is 1. The quantitative estimate of drug-likeness (QED) is 0.903. The van der Waals surface area contributed by atoms with Gasteiger partial charge in [0.05, 0.1) is 6.54 Å². The van der Waals surface area contributed by atoms with Crippen LogP contribution in [0.25, 0.3) is 0 Å². The number of para-hydroxylation sites is 1. The topological polar surface area (TPSA) is 59.1 Å². The summed E-state index contributed by atoms with van der Waals surface area (Å²) in [6.07, 6.45) is 1.08. The number of hydrogen-bond acceptors (Lipinski definition) is 5. The molecular weight excluding hydrogens is 264 g/mol. The first-order chi connectivity index (χ1) is 10.2. The molecule has 5 nitrogen and oxygen atoms in total. The van der Waals surface area contributed by atoms with Crippen molar-refractivity contribution in [2.24, 2.45) is 0 Å². The lowest BCUT2D eigenvalue weighted by Crippen LogP contribution is -2.25. The molecule has 1 aliphatic heterocycles. The van der Waals surface area contributed by atoms with Crippen molar-refractivity contribution in [1.29, 1.82) is 0 Å². The fourth-order valence-electron chi connectivity index (χ4n) is 2.62. The molecule has 0 saturated carbocycles. The van der Waals surface area contributed by atoms with Gasteiger partial charge >= 0.3 is 0 Å². The van der Waals surface area contributed by atoms with E-state index in [-0.39, 0.29) is 6.10 Å². The Bertz CT molecular complexity index is 632. The molecule has 0 spiro atoms. The van der Waals surface area contributed by atoms with Gasteiger partial charge in [0.25, 0.3) is 0 Å². The van der Waals surface area contributed by atoms with Gasteiger partial charge in [0.2, 0.25) is 0 Å². The van der Waals surface area contributed by atoms with Gasteiger partial charge in [-0.3, -0.25) is 0 Å². The third-order valence-electron chi connectivity index (χ3n) is 3.71. The van der Waals surface area contributed by atoms with Crippen LogP contribution in [-0.2, 0) is 6.42 Å². The molecule has 1 atom stereocenters. The highest BCUT2D eigenvalue weighted by Crippen LogP contribution is 2.28. The molecule has 0 fully saturated rings. The lowest BCUT2D eigenvalue weighted by atomic mass is 10.1. The Morgan fingerprint density at radius 3 is 2.71 bits per heavy atom. The molecule has 0 radical (unpaired) electrons. The highest BCUT2D eigenvalue weighted by atomic mass is 16.5. The van der Waals surface area contributed by atoms with E-state index in [9.17, 15) is 0 Å². The van der Waals surface area contributed by atoms with E-state index in [1.165, 1.54) is 5.56 Å². The number of ether oxygens (including phenoxy) is 1. The number of nitrogens with one attached hydrogen (secondary N) is 2. The summed E-state index contributed by atoms with van der Waals surface area (Å²) in [5, 5.41) is 6.49. The fraction of sp³-hybridized carbons (Fsp3) is 0.375. The standard InChI is InChI=1S/C16H20N4O/c1-10-15(17-3)19-11(2)20-16(10)18-9-13-8-12-6-4-5-7-14(12)21-13/h4-7,13H,8-9H2,1-3H3,(H2,17,18,19,20). The van der Waals surface area contributed by atoms with Crippen LogP contribution in [0.5, 0.6) is 5.75 Å². The monoisotopic (exact) mass is 284 g/mol. The van der Waals surface area contributed by atoms with E-state index >= 15 is 0 Å². The number of aryl methyl sites for hydroxylation is 1. The summed E-state index contributed by atoms with van der Waals surface area (Å²) in [4.78, 5) is 8.84. The third-order valence-corrected chi connectivity index (χ3v) is 3.71. The Morgan fingerprint density at radius 1 is 1.19 bits per heavy atom. The second-order valence-corrected chi connectivity index (χ2v) is 5.28. The maximum Gasteiger partial charge on any atom is 0.134 e. The SMILES string of the molecule is CNc1nc(C)nc(NCC2Cc3ccccc3O2)c1C. The maximum atomic E-state index is 5.93. The first kappa shape index (κ1) is 13.7. The van der Waals surface area contributed by atoms with E-state index in [4.69, 9.17) is 4.74 Å². The van der Waals surface area contributed by atoms with Crippen molar-refractivity contribution in [2.45, 2.75) is 26.4 Å². The van der Waals surface area contributed by atoms with Crippen LogP contribution < -0.4 is 15.4 Å². The molecule has 0 bridgehead atoms. The summed E-state index contributed by atoms with van der Waals surface area (Å²) >= 11 is 0. The molecular formula is C16H20N4O. The molecule has 21 heavy (non-hydrogen) atoms. The van der Waals surface area contributed by atoms with Crippen LogP contribution in [0.2, 0.25) is 0 Å². The van der Waals surface area contributed by atoms with Crippen LogP contribution in [-0.4, -0.2) is 29.7 Å². The van der Waals surface area contributed by atoms with E-state index in [2.05, 4.69) is 32.7 Å². The van der Waals surface area contributed by atoms with Gasteiger partial charge in [0.15, 0.2) is 0 Å². The normalized spacial score (nSPS) is 16.2. The molecule has 0 saturated heterocycles. The van der Waals surface area contributed by atoms with Gasteiger partial charge < -0.3 is 15.4 Å². The predicted octanol–water partition coefficient (Wildman–Crippen LogP) is 2.55. The Balaban J connectivity index is 1.68. The van der Waals surface area contributed by atoms with Crippen molar-refractivity contribution in [1.82, 2.24) is 9.97 Å². The maximum absolute atomic E-state index is 5.93. The second-order valence-electron chi connectivity index (χ2n) is 5.28. The molecule has 2 aromatic rings. The average Bonchev–Trinajstić information content (AvgIpc) is 2.90. The van der Waals surface area contributed by atoms with E-state index in [0.29, 0.717) is 0 Å². The molecule has 1 unspecified atom stereocenters. The summed E-state index contributed by atoms with van der Waals surface area (Å²) in [5.41, 5.74) is 2.30. The number of rotatable bonds is 4. The number of nitrogens with zero attached hydrogens (tertiary/aromatic N) is 2. The van der Waals surface area contributed by atoms with Crippen molar-refractivity contribution in [3.63, 3.8) is 0 Å². The lowest BCUT2D eigenvalue weighted by Gasteiger charge is -2.15. The van der Waals surface area contributed by atoms with Crippen LogP contribution in [0.1, 0.15) is 17.0 Å². The molecule has 110 valence electrons. The van der Waals surface area contributed by atoms with E-state index in [1.54, 1.807) is 0 Å². The van der Waals surface area contributed by atoms with Gasteiger partial charge in [-0.05, 0) is 25.5 Å². The number of anilines is 2. The Labute approximate surface area is 124 Å². The van der Waals surface area contributed by atoms with Crippen LogP contribution in [0.15, 0.2) is 24.3 Å². The molecule has 0 aliphatic carbocycles. The van der Waals surface area contributed by atoms with Crippen molar-refractivity contribution >= 4 is 11.6 Å². The van der Waals surface area contributed by atoms with Gasteiger partial charge in [-0.15, -0.1) is 0 Å². The van der Waals surface area contributed by atoms with Crippen molar-refractivity contribution in [2.75, 3.05) is 24.2 Å². The largest absolute Gasteiger partial charge is 0.488 e. The first-order valence-electron chi connectivity index (χ1n) is 7.19. The van der Waals surface area contributed by atoms with Crippen molar-refractivity contribution < 1.29 is 4.74 Å². The second kappa shape index (κ2) is 5.60. The predicted molar refractivity (Wildman–Crippen MR) is 84.1 cm³/mol. The van der Waals surface area contributed by atoms with Crippen molar-refractivity contribution in [3.8, 4) is 5.75 Å². The number of hydrogen-bond donors (Lipinski definition) is 2. The van der Waals surface area contributed by atoms with Crippen LogP contribution in [0.4, 0.5) is 11.6 Å². The fourth-order valence-corrected chi connectivity index (χ4v) is 2.62. The Morgan fingerprint density at radius 2 is 1.95 bits per heavy atom. The number of fused-ring (bicyclic) bond motifs is 1. The smallest absolute Gasteiger partial charge is 0.134 e. The highest BCUT2D eigenvalue weighted by molar-refractivity contribution is 5.57. The Kier molecular flexibility index (Phi) is 3.64. The van der Waals surface area contributed by atoms with Crippen LogP contribution in [0.3, 0.4) is 0 Å². The number of aromatic nitrogens is 2. The van der Waals surface area contributed by atoms with Crippen molar-refractivity contribution in [3.05, 3.63) is 41.2 Å².